The maximum Gasteiger partial charge on any atom is 0.416 e. The van der Waals surface area contributed by atoms with E-state index < -0.39 is 11.7 Å². The van der Waals surface area contributed by atoms with E-state index in [0.717, 1.165) is 38.5 Å². The van der Waals surface area contributed by atoms with Gasteiger partial charge in [0.25, 0.3) is 0 Å². The van der Waals surface area contributed by atoms with Gasteiger partial charge in [-0.1, -0.05) is 24.3 Å². The summed E-state index contributed by atoms with van der Waals surface area (Å²) < 4.78 is 39.2. The van der Waals surface area contributed by atoms with Crippen molar-refractivity contribution in [2.75, 3.05) is 13.1 Å². The van der Waals surface area contributed by atoms with Gasteiger partial charge in [0.05, 0.1) is 12.0 Å². The minimum absolute atomic E-state index is 0.0174. The lowest BCUT2D eigenvalue weighted by Gasteiger charge is -2.33. The molecular weight excluding hydrogens is 361 g/mol. The molecular formula is C19H21F3N2OS. The van der Waals surface area contributed by atoms with Gasteiger partial charge in [0, 0.05) is 24.0 Å². The van der Waals surface area contributed by atoms with Gasteiger partial charge >= 0.3 is 6.18 Å². The first-order chi connectivity index (χ1) is 12.4. The number of halogens is 3. The molecule has 1 unspecified atom stereocenters. The van der Waals surface area contributed by atoms with Gasteiger partial charge in [0.15, 0.2) is 0 Å². The minimum Gasteiger partial charge on any atom is -0.352 e. The van der Waals surface area contributed by atoms with E-state index in [-0.39, 0.29) is 23.9 Å². The van der Waals surface area contributed by atoms with Gasteiger partial charge in [-0.3, -0.25) is 9.69 Å². The second kappa shape index (κ2) is 8.22. The molecule has 140 valence electrons. The molecule has 1 amide bonds. The summed E-state index contributed by atoms with van der Waals surface area (Å²) in [4.78, 5) is 15.8. The molecule has 2 heterocycles. The van der Waals surface area contributed by atoms with Crippen molar-refractivity contribution < 1.29 is 18.0 Å². The summed E-state index contributed by atoms with van der Waals surface area (Å²) in [5, 5.41) is 4.95. The van der Waals surface area contributed by atoms with E-state index in [2.05, 4.69) is 16.3 Å². The van der Waals surface area contributed by atoms with Crippen molar-refractivity contribution >= 4 is 17.2 Å². The predicted molar refractivity (Wildman–Crippen MR) is 95.9 cm³/mol. The van der Waals surface area contributed by atoms with Crippen LogP contribution in [0.3, 0.4) is 0 Å². The fourth-order valence-electron chi connectivity index (χ4n) is 3.34. The van der Waals surface area contributed by atoms with E-state index in [1.54, 1.807) is 11.3 Å². The second-order valence-corrected chi connectivity index (χ2v) is 7.59. The molecule has 26 heavy (non-hydrogen) atoms. The Balaban J connectivity index is 1.56. The average molecular weight is 382 g/mol. The van der Waals surface area contributed by atoms with Gasteiger partial charge in [-0.25, -0.2) is 0 Å². The fourth-order valence-corrected chi connectivity index (χ4v) is 4.09. The Labute approximate surface area is 154 Å². The molecule has 0 saturated carbocycles. The lowest BCUT2D eigenvalue weighted by molar-refractivity contribution is -0.138. The number of carbonyl (C=O) groups is 1. The molecule has 1 aromatic heterocycles. The Morgan fingerprint density at radius 1 is 1.23 bits per heavy atom. The van der Waals surface area contributed by atoms with E-state index in [1.807, 2.05) is 11.4 Å². The third-order valence-electron chi connectivity index (χ3n) is 4.50. The van der Waals surface area contributed by atoms with Gasteiger partial charge in [-0.15, -0.1) is 11.3 Å². The summed E-state index contributed by atoms with van der Waals surface area (Å²) in [6, 6.07) is 9.34. The fraction of sp³-hybridized carbons (Fsp3) is 0.421. The number of piperidine rings is 1. The zero-order chi connectivity index (χ0) is 18.6. The molecule has 0 bridgehead atoms. The van der Waals surface area contributed by atoms with Crippen molar-refractivity contribution in [2.45, 2.75) is 38.0 Å². The summed E-state index contributed by atoms with van der Waals surface area (Å²) in [6.07, 6.45) is -2.88. The van der Waals surface area contributed by atoms with Crippen molar-refractivity contribution in [3.05, 3.63) is 57.8 Å². The smallest absolute Gasteiger partial charge is 0.352 e. The van der Waals surface area contributed by atoms with Crippen LogP contribution in [0, 0.1) is 0 Å². The highest BCUT2D eigenvalue weighted by atomic mass is 32.1. The highest BCUT2D eigenvalue weighted by Crippen LogP contribution is 2.32. The maximum atomic E-state index is 13.1. The molecule has 3 nitrogen and oxygen atoms in total. The molecule has 1 fully saturated rings. The van der Waals surface area contributed by atoms with E-state index in [4.69, 9.17) is 0 Å². The molecule has 1 aromatic carbocycles. The first kappa shape index (κ1) is 18.9. The first-order valence-electron chi connectivity index (χ1n) is 8.61. The van der Waals surface area contributed by atoms with Crippen LogP contribution in [0.5, 0.6) is 0 Å². The lowest BCUT2D eigenvalue weighted by Crippen LogP contribution is -2.47. The highest BCUT2D eigenvalue weighted by Gasteiger charge is 2.33. The van der Waals surface area contributed by atoms with E-state index >= 15 is 0 Å². The highest BCUT2D eigenvalue weighted by molar-refractivity contribution is 7.09. The molecule has 3 rings (SSSR count). The maximum absolute atomic E-state index is 13.1. The quantitative estimate of drug-likeness (QED) is 0.845. The largest absolute Gasteiger partial charge is 0.416 e. The van der Waals surface area contributed by atoms with Crippen LogP contribution in [0.15, 0.2) is 41.8 Å². The number of thiophene rings is 1. The van der Waals surface area contributed by atoms with Crippen molar-refractivity contribution in [3.8, 4) is 0 Å². The summed E-state index contributed by atoms with van der Waals surface area (Å²) in [7, 11) is 0. The number of rotatable bonds is 5. The average Bonchev–Trinajstić information content (AvgIpc) is 3.07. The Kier molecular flexibility index (Phi) is 5.98. The van der Waals surface area contributed by atoms with Crippen molar-refractivity contribution in [2.24, 2.45) is 0 Å². The molecule has 1 aliphatic rings. The van der Waals surface area contributed by atoms with Crippen LogP contribution >= 0.6 is 11.3 Å². The monoisotopic (exact) mass is 382 g/mol. The number of hydrogen-bond acceptors (Lipinski definition) is 3. The molecule has 1 aliphatic heterocycles. The number of nitrogens with zero attached hydrogens (tertiary/aromatic N) is 1. The summed E-state index contributed by atoms with van der Waals surface area (Å²) in [6.45, 7) is 2.55. The van der Waals surface area contributed by atoms with Crippen LogP contribution in [0.4, 0.5) is 13.2 Å². The van der Waals surface area contributed by atoms with Crippen LogP contribution in [-0.2, 0) is 23.9 Å². The van der Waals surface area contributed by atoms with Crippen molar-refractivity contribution in [1.29, 1.82) is 0 Å². The number of carbonyl (C=O) groups excluding carboxylic acids is 1. The Morgan fingerprint density at radius 3 is 2.77 bits per heavy atom. The first-order valence-corrected chi connectivity index (χ1v) is 9.49. The van der Waals surface area contributed by atoms with E-state index in [1.165, 1.54) is 23.1 Å². The molecule has 0 aliphatic carbocycles. The minimum atomic E-state index is -4.45. The number of likely N-dealkylation sites (tertiary alicyclic amines) is 1. The normalized spacial score (nSPS) is 18.7. The second-order valence-electron chi connectivity index (χ2n) is 6.55. The Bertz CT molecular complexity index is 731. The lowest BCUT2D eigenvalue weighted by atomic mass is 10.0. The van der Waals surface area contributed by atoms with Crippen molar-refractivity contribution in [3.63, 3.8) is 0 Å². The predicted octanol–water partition coefficient (Wildman–Crippen LogP) is 4.09. The van der Waals surface area contributed by atoms with Crippen LogP contribution in [0.25, 0.3) is 0 Å². The number of benzene rings is 1. The van der Waals surface area contributed by atoms with E-state index in [9.17, 15) is 18.0 Å². The number of hydrogen-bond donors (Lipinski definition) is 1. The number of nitrogens with one attached hydrogen (secondary N) is 1. The van der Waals surface area contributed by atoms with Crippen LogP contribution in [0.2, 0.25) is 0 Å². The molecule has 1 saturated heterocycles. The SMILES string of the molecule is O=C(Cc1ccccc1C(F)(F)F)NC1CCCN(Cc2cccs2)C1. The van der Waals surface area contributed by atoms with E-state index in [0.29, 0.717) is 0 Å². The van der Waals surface area contributed by atoms with Gasteiger partial charge in [0.1, 0.15) is 0 Å². The summed E-state index contributed by atoms with van der Waals surface area (Å²) in [5.74, 6) is -0.357. The number of alkyl halides is 3. The molecule has 1 N–H and O–H groups in total. The van der Waals surface area contributed by atoms with Gasteiger partial charge in [-0.2, -0.15) is 13.2 Å². The third-order valence-corrected chi connectivity index (χ3v) is 5.37. The summed E-state index contributed by atoms with van der Waals surface area (Å²) in [5.41, 5.74) is -0.720. The van der Waals surface area contributed by atoms with Gasteiger partial charge in [0.2, 0.25) is 5.91 Å². The third kappa shape index (κ3) is 5.08. The van der Waals surface area contributed by atoms with Crippen LogP contribution in [0.1, 0.15) is 28.8 Å². The molecule has 2 aromatic rings. The van der Waals surface area contributed by atoms with Gasteiger partial charge in [-0.05, 0) is 42.5 Å². The number of amides is 1. The Hall–Kier alpha value is -1.86. The van der Waals surface area contributed by atoms with Gasteiger partial charge < -0.3 is 5.32 Å². The topological polar surface area (TPSA) is 32.3 Å². The standard InChI is InChI=1S/C19H21F3N2OS/c20-19(21,22)17-8-2-1-5-14(17)11-18(25)23-15-6-3-9-24(12-15)13-16-7-4-10-26-16/h1-2,4-5,7-8,10,15H,3,6,9,11-13H2,(H,23,25). The van der Waals surface area contributed by atoms with Crippen LogP contribution in [-0.4, -0.2) is 29.9 Å². The molecule has 1 atom stereocenters. The van der Waals surface area contributed by atoms with Crippen molar-refractivity contribution in [1.82, 2.24) is 10.2 Å². The zero-order valence-electron chi connectivity index (χ0n) is 14.3. The zero-order valence-corrected chi connectivity index (χ0v) is 15.1. The molecule has 0 spiro atoms. The molecule has 7 heteroatoms. The molecule has 0 radical (unpaired) electrons. The van der Waals surface area contributed by atoms with Crippen LogP contribution < -0.4 is 5.32 Å². The summed E-state index contributed by atoms with van der Waals surface area (Å²) >= 11 is 1.70. The Morgan fingerprint density at radius 2 is 2.04 bits per heavy atom.